The van der Waals surface area contributed by atoms with Crippen molar-refractivity contribution in [1.82, 2.24) is 4.90 Å². The van der Waals surface area contributed by atoms with Crippen molar-refractivity contribution in [3.63, 3.8) is 0 Å². The molecule has 0 N–H and O–H groups in total. The third-order valence-corrected chi connectivity index (χ3v) is 4.42. The van der Waals surface area contributed by atoms with E-state index in [1.807, 2.05) is 6.92 Å². The highest BCUT2D eigenvalue weighted by Gasteiger charge is 2.29. The summed E-state index contributed by atoms with van der Waals surface area (Å²) in [6, 6.07) is 12.2. The van der Waals surface area contributed by atoms with E-state index in [0.717, 1.165) is 5.69 Å². The summed E-state index contributed by atoms with van der Waals surface area (Å²) in [4.78, 5) is 26.6. The van der Waals surface area contributed by atoms with Crippen LogP contribution in [0.1, 0.15) is 17.3 Å². The Labute approximate surface area is 144 Å². The van der Waals surface area contributed by atoms with Crippen LogP contribution in [0.4, 0.5) is 15.8 Å². The number of carbonyl (C=O) groups is 1. The first-order chi connectivity index (χ1) is 12.0. The van der Waals surface area contributed by atoms with E-state index in [2.05, 4.69) is 4.90 Å². The number of non-ortho nitro benzene ring substituents is 1. The maximum atomic E-state index is 13.9. The lowest BCUT2D eigenvalue weighted by molar-refractivity contribution is -0.384. The summed E-state index contributed by atoms with van der Waals surface area (Å²) in [7, 11) is 0. The second-order valence-corrected chi connectivity index (χ2v) is 6.05. The Morgan fingerprint density at radius 3 is 2.44 bits per heavy atom. The molecule has 1 fully saturated rings. The number of hydrogen-bond donors (Lipinski definition) is 0. The highest BCUT2D eigenvalue weighted by molar-refractivity contribution is 5.94. The average molecular weight is 343 g/mol. The predicted octanol–water partition coefficient (Wildman–Crippen LogP) is 3.08. The van der Waals surface area contributed by atoms with Gasteiger partial charge in [-0.1, -0.05) is 12.1 Å². The quantitative estimate of drug-likeness (QED) is 0.634. The molecule has 25 heavy (non-hydrogen) atoms. The molecule has 1 aliphatic heterocycles. The molecule has 1 atom stereocenters. The molecule has 0 bridgehead atoms. The zero-order valence-corrected chi connectivity index (χ0v) is 13.8. The fraction of sp³-hybridized carbons (Fsp3) is 0.278. The van der Waals surface area contributed by atoms with Crippen LogP contribution in [0.15, 0.2) is 48.5 Å². The molecular weight excluding hydrogens is 325 g/mol. The number of carbonyl (C=O) groups excluding carboxylic acids is 1. The molecule has 0 spiro atoms. The van der Waals surface area contributed by atoms with Crippen LogP contribution in [-0.2, 0) is 0 Å². The van der Waals surface area contributed by atoms with Crippen molar-refractivity contribution in [2.24, 2.45) is 0 Å². The van der Waals surface area contributed by atoms with Gasteiger partial charge in [0.05, 0.1) is 10.5 Å². The number of anilines is 1. The van der Waals surface area contributed by atoms with Crippen molar-refractivity contribution < 1.29 is 14.1 Å². The van der Waals surface area contributed by atoms with Crippen molar-refractivity contribution in [2.75, 3.05) is 24.5 Å². The van der Waals surface area contributed by atoms with Gasteiger partial charge in [0, 0.05) is 43.5 Å². The number of benzene rings is 2. The van der Waals surface area contributed by atoms with E-state index in [9.17, 15) is 19.3 Å². The van der Waals surface area contributed by atoms with Gasteiger partial charge < -0.3 is 9.80 Å². The van der Waals surface area contributed by atoms with Crippen molar-refractivity contribution in [1.29, 1.82) is 0 Å². The zero-order valence-electron chi connectivity index (χ0n) is 13.8. The SMILES string of the molecule is C[C@@H]1CN(c2ccc([N+](=O)[O-])cc2)CCN1C(=O)c1ccccc1F. The minimum atomic E-state index is -0.516. The zero-order chi connectivity index (χ0) is 18.0. The number of hydrogen-bond acceptors (Lipinski definition) is 4. The van der Waals surface area contributed by atoms with Gasteiger partial charge in [-0.2, -0.15) is 0 Å². The molecule has 0 aliphatic carbocycles. The third kappa shape index (κ3) is 3.45. The Bertz CT molecular complexity index is 794. The molecule has 130 valence electrons. The van der Waals surface area contributed by atoms with Crippen LogP contribution in [0.5, 0.6) is 0 Å². The fourth-order valence-corrected chi connectivity index (χ4v) is 3.07. The summed E-state index contributed by atoms with van der Waals surface area (Å²) in [5.41, 5.74) is 0.999. The van der Waals surface area contributed by atoms with E-state index in [1.54, 1.807) is 29.2 Å². The Morgan fingerprint density at radius 1 is 1.16 bits per heavy atom. The van der Waals surface area contributed by atoms with Gasteiger partial charge >= 0.3 is 0 Å². The number of nitrogens with zero attached hydrogens (tertiary/aromatic N) is 3. The molecule has 1 heterocycles. The van der Waals surface area contributed by atoms with Crippen molar-refractivity contribution in [3.8, 4) is 0 Å². The molecule has 0 radical (unpaired) electrons. The van der Waals surface area contributed by atoms with Gasteiger partial charge in [-0.15, -0.1) is 0 Å². The molecular formula is C18H18FN3O3. The van der Waals surface area contributed by atoms with E-state index in [0.29, 0.717) is 19.6 Å². The number of piperazine rings is 1. The molecule has 0 unspecified atom stereocenters. The highest BCUT2D eigenvalue weighted by Crippen LogP contribution is 2.23. The number of amides is 1. The number of nitro benzene ring substituents is 1. The fourth-order valence-electron chi connectivity index (χ4n) is 3.07. The van der Waals surface area contributed by atoms with Crippen LogP contribution in [0.3, 0.4) is 0 Å². The molecule has 0 aromatic heterocycles. The molecule has 7 heteroatoms. The number of halogens is 1. The van der Waals surface area contributed by atoms with Crippen LogP contribution < -0.4 is 4.90 Å². The van der Waals surface area contributed by atoms with E-state index < -0.39 is 10.7 Å². The van der Waals surface area contributed by atoms with Gasteiger partial charge in [0.2, 0.25) is 0 Å². The largest absolute Gasteiger partial charge is 0.368 e. The molecule has 0 saturated carbocycles. The number of nitro groups is 1. The Morgan fingerprint density at radius 2 is 1.84 bits per heavy atom. The maximum Gasteiger partial charge on any atom is 0.269 e. The highest BCUT2D eigenvalue weighted by atomic mass is 19.1. The molecule has 1 amide bonds. The topological polar surface area (TPSA) is 66.7 Å². The van der Waals surface area contributed by atoms with Gasteiger partial charge in [-0.25, -0.2) is 4.39 Å². The van der Waals surface area contributed by atoms with Gasteiger partial charge in [0.15, 0.2) is 0 Å². The Balaban J connectivity index is 1.71. The van der Waals surface area contributed by atoms with Crippen molar-refractivity contribution >= 4 is 17.3 Å². The standard InChI is InChI=1S/C18H18FN3O3/c1-13-12-20(14-6-8-15(9-7-14)22(24)25)10-11-21(13)18(23)16-4-2-3-5-17(16)19/h2-9,13H,10-12H2,1H3/t13-/m1/s1. The third-order valence-electron chi connectivity index (χ3n) is 4.42. The predicted molar refractivity (Wildman–Crippen MR) is 92.2 cm³/mol. The molecule has 3 rings (SSSR count). The summed E-state index contributed by atoms with van der Waals surface area (Å²) in [5.74, 6) is -0.827. The minimum absolute atomic E-state index is 0.0464. The summed E-state index contributed by atoms with van der Waals surface area (Å²) < 4.78 is 13.9. The lowest BCUT2D eigenvalue weighted by atomic mass is 10.1. The maximum absolute atomic E-state index is 13.9. The first kappa shape index (κ1) is 16.9. The Hall–Kier alpha value is -2.96. The summed E-state index contributed by atoms with van der Waals surface area (Å²) in [5, 5.41) is 10.7. The van der Waals surface area contributed by atoms with Crippen molar-refractivity contribution in [2.45, 2.75) is 13.0 Å². The molecule has 2 aromatic rings. The monoisotopic (exact) mass is 343 g/mol. The second kappa shape index (κ2) is 6.88. The first-order valence-corrected chi connectivity index (χ1v) is 8.02. The van der Waals surface area contributed by atoms with Gasteiger partial charge in [-0.3, -0.25) is 14.9 Å². The van der Waals surface area contributed by atoms with E-state index in [4.69, 9.17) is 0 Å². The van der Waals surface area contributed by atoms with E-state index >= 15 is 0 Å². The van der Waals surface area contributed by atoms with Crippen LogP contribution in [-0.4, -0.2) is 41.4 Å². The first-order valence-electron chi connectivity index (χ1n) is 8.02. The average Bonchev–Trinajstić information content (AvgIpc) is 2.61. The lowest BCUT2D eigenvalue weighted by Crippen LogP contribution is -2.54. The van der Waals surface area contributed by atoms with Crippen LogP contribution in [0, 0.1) is 15.9 Å². The Kier molecular flexibility index (Phi) is 4.65. The summed E-state index contributed by atoms with van der Waals surface area (Å²) in [6.45, 7) is 3.54. The van der Waals surface area contributed by atoms with Gasteiger partial charge in [-0.05, 0) is 31.2 Å². The second-order valence-electron chi connectivity index (χ2n) is 6.05. The minimum Gasteiger partial charge on any atom is -0.368 e. The summed E-state index contributed by atoms with van der Waals surface area (Å²) in [6.07, 6.45) is 0. The lowest BCUT2D eigenvalue weighted by Gasteiger charge is -2.41. The smallest absolute Gasteiger partial charge is 0.269 e. The number of rotatable bonds is 3. The van der Waals surface area contributed by atoms with Gasteiger partial charge in [0.25, 0.3) is 11.6 Å². The van der Waals surface area contributed by atoms with Crippen molar-refractivity contribution in [3.05, 3.63) is 70.0 Å². The molecule has 2 aromatic carbocycles. The van der Waals surface area contributed by atoms with Crippen LogP contribution >= 0.6 is 0 Å². The van der Waals surface area contributed by atoms with Crippen LogP contribution in [0.2, 0.25) is 0 Å². The molecule has 1 saturated heterocycles. The van der Waals surface area contributed by atoms with Gasteiger partial charge in [0.1, 0.15) is 5.82 Å². The summed E-state index contributed by atoms with van der Waals surface area (Å²) >= 11 is 0. The normalized spacial score (nSPS) is 17.4. The van der Waals surface area contributed by atoms with E-state index in [1.165, 1.54) is 24.3 Å². The molecule has 6 nitrogen and oxygen atoms in total. The van der Waals surface area contributed by atoms with E-state index in [-0.39, 0.29) is 23.2 Å². The molecule has 1 aliphatic rings. The van der Waals surface area contributed by atoms with Crippen LogP contribution in [0.25, 0.3) is 0 Å².